The molecule has 5 heteroatoms. The van der Waals surface area contributed by atoms with Crippen LogP contribution in [0.15, 0.2) is 78.9 Å². The molecule has 196 valence electrons. The van der Waals surface area contributed by atoms with Crippen molar-refractivity contribution < 1.29 is 14.3 Å². The molecule has 1 atom stereocenters. The molecular formula is C32H40N2O3. The van der Waals surface area contributed by atoms with Crippen LogP contribution in [0.5, 0.6) is 5.75 Å². The van der Waals surface area contributed by atoms with E-state index in [1.54, 1.807) is 4.90 Å². The van der Waals surface area contributed by atoms with Crippen LogP contribution in [0.25, 0.3) is 0 Å². The zero-order chi connectivity index (χ0) is 27.0. The molecule has 0 unspecified atom stereocenters. The number of nitrogens with zero attached hydrogens (tertiary/aromatic N) is 1. The second-order valence-electron chi connectivity index (χ2n) is 10.9. The molecular weight excluding hydrogens is 460 g/mol. The molecule has 37 heavy (non-hydrogen) atoms. The average molecular weight is 501 g/mol. The van der Waals surface area contributed by atoms with Gasteiger partial charge in [-0.15, -0.1) is 0 Å². The average Bonchev–Trinajstić information content (AvgIpc) is 2.85. The lowest BCUT2D eigenvalue weighted by atomic mass is 9.86. The Labute approximate surface area is 221 Å². The Morgan fingerprint density at radius 1 is 0.865 bits per heavy atom. The first-order valence-corrected chi connectivity index (χ1v) is 13.0. The molecule has 0 aliphatic heterocycles. The van der Waals surface area contributed by atoms with Gasteiger partial charge in [-0.2, -0.15) is 0 Å². The van der Waals surface area contributed by atoms with Gasteiger partial charge in [-0.3, -0.25) is 9.59 Å². The van der Waals surface area contributed by atoms with Crippen molar-refractivity contribution in [3.63, 3.8) is 0 Å². The molecule has 0 fully saturated rings. The molecule has 3 aromatic rings. The number of carbonyl (C=O) groups is 2. The van der Waals surface area contributed by atoms with E-state index in [1.807, 2.05) is 99.6 Å². The van der Waals surface area contributed by atoms with Crippen LogP contribution in [-0.2, 0) is 28.0 Å². The van der Waals surface area contributed by atoms with Gasteiger partial charge < -0.3 is 15.0 Å². The van der Waals surface area contributed by atoms with Crippen molar-refractivity contribution in [2.75, 3.05) is 6.61 Å². The maximum absolute atomic E-state index is 13.8. The van der Waals surface area contributed by atoms with Crippen LogP contribution in [0.1, 0.15) is 56.9 Å². The molecule has 0 aliphatic rings. The summed E-state index contributed by atoms with van der Waals surface area (Å²) in [5, 5.41) is 3.02. The van der Waals surface area contributed by atoms with E-state index in [4.69, 9.17) is 4.74 Å². The van der Waals surface area contributed by atoms with Gasteiger partial charge in [0.2, 0.25) is 5.91 Å². The van der Waals surface area contributed by atoms with Crippen LogP contribution in [0.4, 0.5) is 0 Å². The Balaban J connectivity index is 1.93. The third kappa shape index (κ3) is 8.21. The second-order valence-corrected chi connectivity index (χ2v) is 10.9. The van der Waals surface area contributed by atoms with Crippen LogP contribution in [0.3, 0.4) is 0 Å². The second kappa shape index (κ2) is 12.6. The highest BCUT2D eigenvalue weighted by molar-refractivity contribution is 5.88. The van der Waals surface area contributed by atoms with E-state index in [1.165, 1.54) is 0 Å². The Morgan fingerprint density at radius 2 is 1.49 bits per heavy atom. The fourth-order valence-corrected chi connectivity index (χ4v) is 4.26. The number of nitrogens with one attached hydrogen (secondary N) is 1. The van der Waals surface area contributed by atoms with Crippen LogP contribution in [0, 0.1) is 6.92 Å². The molecule has 0 saturated heterocycles. The van der Waals surface area contributed by atoms with Gasteiger partial charge in [-0.25, -0.2) is 0 Å². The summed E-state index contributed by atoms with van der Waals surface area (Å²) in [6.45, 7) is 12.4. The highest BCUT2D eigenvalue weighted by Gasteiger charge is 2.31. The molecule has 0 bridgehead atoms. The first-order chi connectivity index (χ1) is 17.5. The molecule has 0 saturated carbocycles. The number of ether oxygens (including phenoxy) is 1. The van der Waals surface area contributed by atoms with E-state index in [-0.39, 0.29) is 29.9 Å². The number of carbonyl (C=O) groups excluding carboxylic acids is 2. The van der Waals surface area contributed by atoms with E-state index in [9.17, 15) is 9.59 Å². The van der Waals surface area contributed by atoms with Crippen molar-refractivity contribution in [3.8, 4) is 5.75 Å². The molecule has 3 rings (SSSR count). The van der Waals surface area contributed by atoms with Crippen molar-refractivity contribution in [3.05, 3.63) is 101 Å². The van der Waals surface area contributed by atoms with Crippen molar-refractivity contribution in [2.24, 2.45) is 0 Å². The molecule has 0 spiro atoms. The van der Waals surface area contributed by atoms with Crippen LogP contribution >= 0.6 is 0 Å². The van der Waals surface area contributed by atoms with Crippen LogP contribution in [-0.4, -0.2) is 35.4 Å². The van der Waals surface area contributed by atoms with Gasteiger partial charge in [-0.05, 0) is 48.9 Å². The lowest BCUT2D eigenvalue weighted by Gasteiger charge is -2.32. The summed E-state index contributed by atoms with van der Waals surface area (Å²) >= 11 is 0. The minimum absolute atomic E-state index is 0.0444. The summed E-state index contributed by atoms with van der Waals surface area (Å²) in [7, 11) is 0. The largest absolute Gasteiger partial charge is 0.483 e. The number of benzene rings is 3. The number of hydrogen-bond acceptors (Lipinski definition) is 3. The van der Waals surface area contributed by atoms with Crippen LogP contribution in [0.2, 0.25) is 0 Å². The van der Waals surface area contributed by atoms with E-state index in [0.29, 0.717) is 18.7 Å². The van der Waals surface area contributed by atoms with Gasteiger partial charge >= 0.3 is 0 Å². The molecule has 0 heterocycles. The fraction of sp³-hybridized carbons (Fsp3) is 0.375. The van der Waals surface area contributed by atoms with Gasteiger partial charge in [0, 0.05) is 19.0 Å². The minimum atomic E-state index is -0.680. The molecule has 1 N–H and O–H groups in total. The summed E-state index contributed by atoms with van der Waals surface area (Å²) in [5.41, 5.74) is 4.00. The van der Waals surface area contributed by atoms with Gasteiger partial charge in [0.15, 0.2) is 6.61 Å². The Hall–Kier alpha value is -3.60. The third-order valence-electron chi connectivity index (χ3n) is 6.22. The van der Waals surface area contributed by atoms with E-state index < -0.39 is 6.04 Å². The predicted molar refractivity (Wildman–Crippen MR) is 150 cm³/mol. The van der Waals surface area contributed by atoms with Crippen LogP contribution < -0.4 is 10.1 Å². The normalized spacial score (nSPS) is 12.2. The maximum Gasteiger partial charge on any atom is 0.261 e. The number of aryl methyl sites for hydroxylation is 1. The highest BCUT2D eigenvalue weighted by atomic mass is 16.5. The summed E-state index contributed by atoms with van der Waals surface area (Å²) < 4.78 is 6.10. The Bertz CT molecular complexity index is 1160. The number of hydrogen-bond donors (Lipinski definition) is 1. The molecule has 0 radical (unpaired) electrons. The lowest BCUT2D eigenvalue weighted by Crippen LogP contribution is -2.52. The van der Waals surface area contributed by atoms with Crippen molar-refractivity contribution in [1.82, 2.24) is 10.2 Å². The van der Waals surface area contributed by atoms with E-state index in [0.717, 1.165) is 22.3 Å². The zero-order valence-corrected chi connectivity index (χ0v) is 23.0. The number of para-hydroxylation sites is 1. The summed E-state index contributed by atoms with van der Waals surface area (Å²) in [6.07, 6.45) is 0.412. The van der Waals surface area contributed by atoms with Crippen molar-refractivity contribution >= 4 is 11.8 Å². The van der Waals surface area contributed by atoms with Gasteiger partial charge in [-0.1, -0.05) is 99.1 Å². The zero-order valence-electron chi connectivity index (χ0n) is 23.0. The molecule has 5 nitrogen and oxygen atoms in total. The van der Waals surface area contributed by atoms with Gasteiger partial charge in [0.1, 0.15) is 11.8 Å². The quantitative estimate of drug-likeness (QED) is 0.381. The van der Waals surface area contributed by atoms with Crippen molar-refractivity contribution in [2.45, 2.75) is 72.0 Å². The number of rotatable bonds is 10. The molecule has 3 aromatic carbocycles. The molecule has 0 aromatic heterocycles. The molecule has 2 amide bonds. The van der Waals surface area contributed by atoms with Crippen molar-refractivity contribution in [1.29, 1.82) is 0 Å². The maximum atomic E-state index is 13.8. The minimum Gasteiger partial charge on any atom is -0.483 e. The Morgan fingerprint density at radius 3 is 2.11 bits per heavy atom. The Kier molecular flexibility index (Phi) is 9.51. The monoisotopic (exact) mass is 500 g/mol. The first-order valence-electron chi connectivity index (χ1n) is 13.0. The van der Waals surface area contributed by atoms with Gasteiger partial charge in [0.25, 0.3) is 5.91 Å². The fourth-order valence-electron chi connectivity index (χ4n) is 4.26. The highest BCUT2D eigenvalue weighted by Crippen LogP contribution is 2.31. The summed E-state index contributed by atoms with van der Waals surface area (Å²) in [6, 6.07) is 25.0. The third-order valence-corrected chi connectivity index (χ3v) is 6.22. The summed E-state index contributed by atoms with van der Waals surface area (Å²) in [5.74, 6) is 0.281. The lowest BCUT2D eigenvalue weighted by molar-refractivity contribution is -0.143. The van der Waals surface area contributed by atoms with E-state index >= 15 is 0 Å². The van der Waals surface area contributed by atoms with Gasteiger partial charge in [0.05, 0.1) is 0 Å². The topological polar surface area (TPSA) is 58.6 Å². The molecule has 0 aliphatic carbocycles. The SMILES string of the molecule is Cc1ccc(CN(C(=O)COc2ccccc2C(C)(C)C)[C@@H](Cc2ccccc2)C(=O)NC(C)C)cc1. The summed E-state index contributed by atoms with van der Waals surface area (Å²) in [4.78, 5) is 28.9. The smallest absolute Gasteiger partial charge is 0.261 e. The number of amides is 2. The standard InChI is InChI=1S/C32H40N2O3/c1-23(2)33-31(36)28(20-25-12-8-7-9-13-25)34(21-26-18-16-24(3)17-19-26)30(35)22-37-29-15-11-10-14-27(29)32(4,5)6/h7-19,23,28H,20-22H2,1-6H3,(H,33,36)/t28-/m0/s1. The first kappa shape index (κ1) is 28.0. The predicted octanol–water partition coefficient (Wildman–Crippen LogP) is 5.84. The van der Waals surface area contributed by atoms with E-state index in [2.05, 4.69) is 26.1 Å².